The van der Waals surface area contributed by atoms with E-state index in [1.165, 1.54) is 5.69 Å². The van der Waals surface area contributed by atoms with Gasteiger partial charge in [0.2, 0.25) is 0 Å². The maximum Gasteiger partial charge on any atom is 0.154 e. The topological polar surface area (TPSA) is 64.7 Å². The van der Waals surface area contributed by atoms with Crippen LogP contribution in [0.25, 0.3) is 0 Å². The molecule has 1 saturated heterocycles. The molecule has 0 radical (unpaired) electrons. The summed E-state index contributed by atoms with van der Waals surface area (Å²) in [6.45, 7) is 2.73. The van der Waals surface area contributed by atoms with Gasteiger partial charge in [0.15, 0.2) is 5.82 Å². The Kier molecular flexibility index (Phi) is 3.98. The highest BCUT2D eigenvalue weighted by atomic mass is 15.3. The van der Waals surface area contributed by atoms with Crippen molar-refractivity contribution in [3.8, 4) is 0 Å². The predicted octanol–water partition coefficient (Wildman–Crippen LogP) is 1.84. The summed E-state index contributed by atoms with van der Waals surface area (Å²) in [5.41, 5.74) is 1.25. The van der Waals surface area contributed by atoms with E-state index in [1.54, 1.807) is 6.20 Å². The van der Waals surface area contributed by atoms with Crippen LogP contribution in [-0.4, -0.2) is 42.6 Å². The SMILES string of the molecule is Cn1c(Cn2cccn2)nnc1C1CCN(c2ccncc2)CC1. The first-order chi connectivity index (χ1) is 11.8. The fraction of sp³-hybridized carbons (Fsp3) is 0.412. The molecule has 3 aromatic heterocycles. The zero-order valence-electron chi connectivity index (χ0n) is 13.8. The minimum absolute atomic E-state index is 0.465. The molecule has 0 saturated carbocycles. The summed E-state index contributed by atoms with van der Waals surface area (Å²) in [6.07, 6.45) is 9.62. The van der Waals surface area contributed by atoms with Crippen LogP contribution in [0.1, 0.15) is 30.4 Å². The van der Waals surface area contributed by atoms with Crippen LogP contribution >= 0.6 is 0 Å². The number of rotatable bonds is 4. The number of hydrogen-bond donors (Lipinski definition) is 0. The molecule has 0 N–H and O–H groups in total. The zero-order valence-corrected chi connectivity index (χ0v) is 13.8. The molecule has 0 unspecified atom stereocenters. The predicted molar refractivity (Wildman–Crippen MR) is 90.8 cm³/mol. The largest absolute Gasteiger partial charge is 0.371 e. The fourth-order valence-corrected chi connectivity index (χ4v) is 3.36. The number of pyridine rings is 1. The average molecular weight is 323 g/mol. The van der Waals surface area contributed by atoms with E-state index in [1.807, 2.05) is 29.3 Å². The van der Waals surface area contributed by atoms with E-state index in [2.05, 4.69) is 48.9 Å². The standard InChI is InChI=1S/C17H21N7/c1-22-16(13-24-10-2-7-19-24)20-21-17(22)14-5-11-23(12-6-14)15-3-8-18-9-4-15/h2-4,7-10,14H,5-6,11-13H2,1H3. The molecule has 4 heterocycles. The summed E-state index contributed by atoms with van der Waals surface area (Å²) in [6, 6.07) is 6.07. The molecule has 7 heteroatoms. The molecule has 7 nitrogen and oxygen atoms in total. The first-order valence-corrected chi connectivity index (χ1v) is 8.32. The van der Waals surface area contributed by atoms with E-state index in [-0.39, 0.29) is 0 Å². The Balaban J connectivity index is 1.43. The molecule has 0 spiro atoms. The Morgan fingerprint density at radius 2 is 1.88 bits per heavy atom. The van der Waals surface area contributed by atoms with Gasteiger partial charge in [0.1, 0.15) is 12.4 Å². The first-order valence-electron chi connectivity index (χ1n) is 8.32. The Hall–Kier alpha value is -2.70. The van der Waals surface area contributed by atoms with Crippen molar-refractivity contribution < 1.29 is 0 Å². The third kappa shape index (κ3) is 2.89. The maximum absolute atomic E-state index is 4.46. The van der Waals surface area contributed by atoms with Crippen molar-refractivity contribution in [1.82, 2.24) is 29.5 Å². The molecule has 1 fully saturated rings. The van der Waals surface area contributed by atoms with Crippen molar-refractivity contribution in [2.24, 2.45) is 7.05 Å². The van der Waals surface area contributed by atoms with Gasteiger partial charge in [0.25, 0.3) is 0 Å². The number of piperidine rings is 1. The number of anilines is 1. The van der Waals surface area contributed by atoms with E-state index in [4.69, 9.17) is 0 Å². The normalized spacial score (nSPS) is 15.8. The van der Waals surface area contributed by atoms with Gasteiger partial charge < -0.3 is 9.47 Å². The lowest BCUT2D eigenvalue weighted by molar-refractivity contribution is 0.471. The van der Waals surface area contributed by atoms with E-state index >= 15 is 0 Å². The van der Waals surface area contributed by atoms with E-state index in [9.17, 15) is 0 Å². The molecule has 3 aromatic rings. The molecule has 24 heavy (non-hydrogen) atoms. The molecular formula is C17H21N7. The first kappa shape index (κ1) is 14.9. The number of aromatic nitrogens is 6. The average Bonchev–Trinajstić information content (AvgIpc) is 3.27. The molecule has 0 bridgehead atoms. The van der Waals surface area contributed by atoms with E-state index in [0.717, 1.165) is 37.6 Å². The van der Waals surface area contributed by atoms with Crippen LogP contribution in [0, 0.1) is 0 Å². The van der Waals surface area contributed by atoms with Crippen molar-refractivity contribution in [2.75, 3.05) is 18.0 Å². The van der Waals surface area contributed by atoms with Crippen LogP contribution in [0.4, 0.5) is 5.69 Å². The van der Waals surface area contributed by atoms with Gasteiger partial charge in [0.05, 0.1) is 0 Å². The molecule has 0 aromatic carbocycles. The van der Waals surface area contributed by atoms with Crippen molar-refractivity contribution >= 4 is 5.69 Å². The van der Waals surface area contributed by atoms with Crippen LogP contribution < -0.4 is 4.90 Å². The van der Waals surface area contributed by atoms with Crippen LogP contribution in [0.3, 0.4) is 0 Å². The van der Waals surface area contributed by atoms with Gasteiger partial charge in [-0.1, -0.05) is 0 Å². The monoisotopic (exact) mass is 323 g/mol. The third-order valence-electron chi connectivity index (χ3n) is 4.75. The zero-order chi connectivity index (χ0) is 16.4. The quantitative estimate of drug-likeness (QED) is 0.733. The van der Waals surface area contributed by atoms with Crippen LogP contribution in [0.15, 0.2) is 43.0 Å². The van der Waals surface area contributed by atoms with Crippen molar-refractivity contribution in [2.45, 2.75) is 25.3 Å². The highest BCUT2D eigenvalue weighted by Crippen LogP contribution is 2.29. The fourth-order valence-electron chi connectivity index (χ4n) is 3.36. The van der Waals surface area contributed by atoms with Gasteiger partial charge in [-0.3, -0.25) is 9.67 Å². The van der Waals surface area contributed by atoms with Gasteiger partial charge in [-0.05, 0) is 31.0 Å². The highest BCUT2D eigenvalue weighted by Gasteiger charge is 2.25. The Morgan fingerprint density at radius 1 is 1.08 bits per heavy atom. The summed E-state index contributed by atoms with van der Waals surface area (Å²) in [4.78, 5) is 6.51. The van der Waals surface area contributed by atoms with Gasteiger partial charge in [-0.25, -0.2) is 0 Å². The highest BCUT2D eigenvalue weighted by molar-refractivity contribution is 5.45. The second-order valence-electron chi connectivity index (χ2n) is 6.20. The summed E-state index contributed by atoms with van der Waals surface area (Å²) >= 11 is 0. The molecular weight excluding hydrogens is 302 g/mol. The molecule has 0 aliphatic carbocycles. The van der Waals surface area contributed by atoms with Gasteiger partial charge in [0, 0.05) is 56.5 Å². The lowest BCUT2D eigenvalue weighted by Gasteiger charge is -2.33. The van der Waals surface area contributed by atoms with Gasteiger partial charge in [-0.2, -0.15) is 5.10 Å². The van der Waals surface area contributed by atoms with E-state index < -0.39 is 0 Å². The summed E-state index contributed by atoms with van der Waals surface area (Å²) in [5.74, 6) is 2.50. The second-order valence-corrected chi connectivity index (χ2v) is 6.20. The molecule has 4 rings (SSSR count). The minimum Gasteiger partial charge on any atom is -0.371 e. The summed E-state index contributed by atoms with van der Waals surface area (Å²) in [7, 11) is 2.06. The third-order valence-corrected chi connectivity index (χ3v) is 4.75. The molecule has 1 aliphatic rings. The summed E-state index contributed by atoms with van der Waals surface area (Å²) in [5, 5.41) is 13.1. The van der Waals surface area contributed by atoms with Gasteiger partial charge in [-0.15, -0.1) is 10.2 Å². The van der Waals surface area contributed by atoms with Crippen LogP contribution in [0.2, 0.25) is 0 Å². The molecule has 124 valence electrons. The Labute approximate surface area is 141 Å². The second kappa shape index (κ2) is 6.43. The smallest absolute Gasteiger partial charge is 0.154 e. The van der Waals surface area contributed by atoms with Gasteiger partial charge >= 0.3 is 0 Å². The van der Waals surface area contributed by atoms with Crippen LogP contribution in [-0.2, 0) is 13.6 Å². The summed E-state index contributed by atoms with van der Waals surface area (Å²) < 4.78 is 4.01. The van der Waals surface area contributed by atoms with Crippen molar-refractivity contribution in [3.63, 3.8) is 0 Å². The lowest BCUT2D eigenvalue weighted by atomic mass is 9.95. The lowest BCUT2D eigenvalue weighted by Crippen LogP contribution is -2.33. The molecule has 0 amide bonds. The number of nitrogens with zero attached hydrogens (tertiary/aromatic N) is 7. The molecule has 0 atom stereocenters. The van der Waals surface area contributed by atoms with Crippen molar-refractivity contribution in [3.05, 3.63) is 54.6 Å². The minimum atomic E-state index is 0.465. The Bertz CT molecular complexity index is 771. The number of hydrogen-bond acceptors (Lipinski definition) is 5. The van der Waals surface area contributed by atoms with E-state index in [0.29, 0.717) is 12.5 Å². The Morgan fingerprint density at radius 3 is 2.58 bits per heavy atom. The van der Waals surface area contributed by atoms with Crippen molar-refractivity contribution in [1.29, 1.82) is 0 Å². The maximum atomic E-state index is 4.46. The molecule has 1 aliphatic heterocycles. The van der Waals surface area contributed by atoms with Crippen LogP contribution in [0.5, 0.6) is 0 Å².